The van der Waals surface area contributed by atoms with Crippen molar-refractivity contribution in [3.63, 3.8) is 0 Å². The third-order valence-electron chi connectivity index (χ3n) is 3.67. The van der Waals surface area contributed by atoms with Crippen molar-refractivity contribution in [2.45, 2.75) is 31.2 Å². The van der Waals surface area contributed by atoms with E-state index in [4.69, 9.17) is 5.73 Å². The summed E-state index contributed by atoms with van der Waals surface area (Å²) in [4.78, 5) is 4.34. The molecule has 3 rings (SSSR count). The molecule has 0 saturated heterocycles. The molecule has 16 heavy (non-hydrogen) atoms. The van der Waals surface area contributed by atoms with E-state index >= 15 is 0 Å². The first kappa shape index (κ1) is 9.79. The van der Waals surface area contributed by atoms with Gasteiger partial charge >= 0.3 is 0 Å². The molecule has 1 saturated carbocycles. The van der Waals surface area contributed by atoms with Gasteiger partial charge in [0, 0.05) is 29.7 Å². The molecule has 2 unspecified atom stereocenters. The second kappa shape index (κ2) is 3.87. The minimum atomic E-state index is 0.313. The maximum absolute atomic E-state index is 6.17. The van der Waals surface area contributed by atoms with E-state index in [9.17, 15) is 0 Å². The highest BCUT2D eigenvalue weighted by Crippen LogP contribution is 2.36. The standard InChI is InChI=1S/C14H16N2/c15-14-7-3-6-12(14)13-9-16-8-10-4-1-2-5-11(10)13/h1-2,4-5,8-9,12,14H,3,6-7,15H2. The van der Waals surface area contributed by atoms with Gasteiger partial charge < -0.3 is 5.73 Å². The number of nitrogens with two attached hydrogens (primary N) is 1. The first-order valence-electron chi connectivity index (χ1n) is 5.94. The van der Waals surface area contributed by atoms with Crippen LogP contribution in [0, 0.1) is 0 Å². The van der Waals surface area contributed by atoms with Gasteiger partial charge in [0.25, 0.3) is 0 Å². The smallest absolute Gasteiger partial charge is 0.0346 e. The molecule has 2 aromatic rings. The van der Waals surface area contributed by atoms with Gasteiger partial charge in [0.05, 0.1) is 0 Å². The maximum Gasteiger partial charge on any atom is 0.0346 e. The maximum atomic E-state index is 6.17. The molecule has 0 radical (unpaired) electrons. The highest BCUT2D eigenvalue weighted by molar-refractivity contribution is 5.85. The van der Waals surface area contributed by atoms with Crippen LogP contribution in [-0.2, 0) is 0 Å². The molecule has 2 atom stereocenters. The van der Waals surface area contributed by atoms with Crippen molar-refractivity contribution in [1.29, 1.82) is 0 Å². The minimum absolute atomic E-state index is 0.313. The van der Waals surface area contributed by atoms with Crippen molar-refractivity contribution in [2.75, 3.05) is 0 Å². The van der Waals surface area contributed by atoms with Gasteiger partial charge in [0.2, 0.25) is 0 Å². The van der Waals surface area contributed by atoms with E-state index in [1.165, 1.54) is 29.2 Å². The Morgan fingerprint density at radius 3 is 2.81 bits per heavy atom. The van der Waals surface area contributed by atoms with Gasteiger partial charge in [-0.15, -0.1) is 0 Å². The summed E-state index contributed by atoms with van der Waals surface area (Å²) in [5, 5.41) is 2.54. The predicted octanol–water partition coefficient (Wildman–Crippen LogP) is 2.83. The molecular weight excluding hydrogens is 196 g/mol. The first-order chi connectivity index (χ1) is 7.86. The molecule has 2 N–H and O–H groups in total. The van der Waals surface area contributed by atoms with E-state index in [0.717, 1.165) is 6.42 Å². The van der Waals surface area contributed by atoms with Crippen LogP contribution in [0.3, 0.4) is 0 Å². The van der Waals surface area contributed by atoms with Crippen LogP contribution in [0.1, 0.15) is 30.7 Å². The molecule has 1 aliphatic carbocycles. The summed E-state index contributed by atoms with van der Waals surface area (Å²) in [6, 6.07) is 8.76. The normalized spacial score (nSPS) is 25.1. The van der Waals surface area contributed by atoms with Gasteiger partial charge in [-0.25, -0.2) is 0 Å². The van der Waals surface area contributed by atoms with E-state index in [2.05, 4.69) is 29.2 Å². The van der Waals surface area contributed by atoms with E-state index < -0.39 is 0 Å². The van der Waals surface area contributed by atoms with E-state index in [-0.39, 0.29) is 0 Å². The lowest BCUT2D eigenvalue weighted by molar-refractivity contribution is 0.615. The highest BCUT2D eigenvalue weighted by atomic mass is 14.7. The zero-order valence-corrected chi connectivity index (χ0v) is 9.26. The molecule has 1 fully saturated rings. The predicted molar refractivity (Wildman–Crippen MR) is 66.3 cm³/mol. The summed E-state index contributed by atoms with van der Waals surface area (Å²) in [5.74, 6) is 0.499. The Bertz CT molecular complexity index is 502. The number of hydrogen-bond acceptors (Lipinski definition) is 2. The Balaban J connectivity index is 2.16. The van der Waals surface area contributed by atoms with Crippen LogP contribution in [0.15, 0.2) is 36.7 Å². The first-order valence-corrected chi connectivity index (χ1v) is 5.94. The minimum Gasteiger partial charge on any atom is -0.327 e. The number of rotatable bonds is 1. The van der Waals surface area contributed by atoms with Crippen LogP contribution < -0.4 is 5.73 Å². The Morgan fingerprint density at radius 2 is 2.00 bits per heavy atom. The van der Waals surface area contributed by atoms with Crippen LogP contribution >= 0.6 is 0 Å². The average molecular weight is 212 g/mol. The van der Waals surface area contributed by atoms with Crippen LogP contribution in [-0.4, -0.2) is 11.0 Å². The quantitative estimate of drug-likeness (QED) is 0.789. The largest absolute Gasteiger partial charge is 0.327 e. The average Bonchev–Trinajstić information content (AvgIpc) is 2.75. The second-order valence-corrected chi connectivity index (χ2v) is 4.65. The molecule has 82 valence electrons. The zero-order valence-electron chi connectivity index (χ0n) is 9.26. The van der Waals surface area contributed by atoms with Crippen molar-refractivity contribution in [3.8, 4) is 0 Å². The lowest BCUT2D eigenvalue weighted by Crippen LogP contribution is -2.22. The van der Waals surface area contributed by atoms with E-state index in [1.807, 2.05) is 12.4 Å². The summed E-state index contributed by atoms with van der Waals surface area (Å²) < 4.78 is 0. The molecule has 1 aromatic heterocycles. The Morgan fingerprint density at radius 1 is 1.12 bits per heavy atom. The van der Waals surface area contributed by atoms with Crippen molar-refractivity contribution < 1.29 is 0 Å². The molecule has 2 nitrogen and oxygen atoms in total. The number of pyridine rings is 1. The van der Waals surface area contributed by atoms with Crippen LogP contribution in [0.5, 0.6) is 0 Å². The SMILES string of the molecule is NC1CCCC1c1cncc2ccccc12. The zero-order chi connectivity index (χ0) is 11.0. The second-order valence-electron chi connectivity index (χ2n) is 4.65. The number of nitrogens with zero attached hydrogens (tertiary/aromatic N) is 1. The number of benzene rings is 1. The Kier molecular flexibility index (Phi) is 2.37. The van der Waals surface area contributed by atoms with Crippen LogP contribution in [0.2, 0.25) is 0 Å². The molecule has 0 spiro atoms. The molecular formula is C14H16N2. The van der Waals surface area contributed by atoms with Gasteiger partial charge in [-0.1, -0.05) is 30.7 Å². The van der Waals surface area contributed by atoms with Gasteiger partial charge in [-0.2, -0.15) is 0 Å². The number of aromatic nitrogens is 1. The van der Waals surface area contributed by atoms with E-state index in [1.54, 1.807) is 0 Å². The molecule has 0 aliphatic heterocycles. The summed E-state index contributed by atoms with van der Waals surface area (Å²) >= 11 is 0. The summed E-state index contributed by atoms with van der Waals surface area (Å²) in [6.45, 7) is 0. The van der Waals surface area contributed by atoms with Crippen LogP contribution in [0.4, 0.5) is 0 Å². The topological polar surface area (TPSA) is 38.9 Å². The molecule has 0 amide bonds. The van der Waals surface area contributed by atoms with Crippen molar-refractivity contribution in [3.05, 3.63) is 42.2 Å². The number of hydrogen-bond donors (Lipinski definition) is 1. The van der Waals surface area contributed by atoms with Crippen molar-refractivity contribution >= 4 is 10.8 Å². The van der Waals surface area contributed by atoms with Gasteiger partial charge in [0.15, 0.2) is 0 Å². The fourth-order valence-corrected chi connectivity index (χ4v) is 2.81. The Hall–Kier alpha value is -1.41. The van der Waals surface area contributed by atoms with Gasteiger partial charge in [-0.05, 0) is 23.8 Å². The lowest BCUT2D eigenvalue weighted by Gasteiger charge is -2.17. The Labute approximate surface area is 95.5 Å². The molecule has 1 aromatic carbocycles. The van der Waals surface area contributed by atoms with Gasteiger partial charge in [0.1, 0.15) is 0 Å². The van der Waals surface area contributed by atoms with Crippen molar-refractivity contribution in [2.24, 2.45) is 5.73 Å². The third-order valence-corrected chi connectivity index (χ3v) is 3.67. The van der Waals surface area contributed by atoms with Gasteiger partial charge in [-0.3, -0.25) is 4.98 Å². The third kappa shape index (κ3) is 1.50. The summed E-state index contributed by atoms with van der Waals surface area (Å²) in [6.07, 6.45) is 7.53. The van der Waals surface area contributed by atoms with E-state index in [0.29, 0.717) is 12.0 Å². The summed E-state index contributed by atoms with van der Waals surface area (Å²) in [7, 11) is 0. The number of fused-ring (bicyclic) bond motifs is 1. The fraction of sp³-hybridized carbons (Fsp3) is 0.357. The molecule has 2 heteroatoms. The molecule has 1 heterocycles. The summed E-state index contributed by atoms with van der Waals surface area (Å²) in [5.41, 5.74) is 7.51. The van der Waals surface area contributed by atoms with Crippen LogP contribution in [0.25, 0.3) is 10.8 Å². The van der Waals surface area contributed by atoms with Crippen molar-refractivity contribution in [1.82, 2.24) is 4.98 Å². The highest BCUT2D eigenvalue weighted by Gasteiger charge is 2.26. The molecule has 1 aliphatic rings. The fourth-order valence-electron chi connectivity index (χ4n) is 2.81. The molecule has 0 bridgehead atoms. The monoisotopic (exact) mass is 212 g/mol. The lowest BCUT2D eigenvalue weighted by atomic mass is 9.92.